The minimum absolute atomic E-state index is 0.00447. The largest absolute Gasteiger partial charge is 0.465 e. The van der Waals surface area contributed by atoms with Crippen LogP contribution in [0.25, 0.3) is 6.08 Å². The molecular formula is C32H31N3O4. The average Bonchev–Trinajstić information content (AvgIpc) is 3.41. The van der Waals surface area contributed by atoms with Crippen molar-refractivity contribution in [2.24, 2.45) is 0 Å². The van der Waals surface area contributed by atoms with Gasteiger partial charge in [0.2, 0.25) is 0 Å². The summed E-state index contributed by atoms with van der Waals surface area (Å²) in [5, 5.41) is 8.33. The van der Waals surface area contributed by atoms with Crippen LogP contribution >= 0.6 is 0 Å². The zero-order valence-corrected chi connectivity index (χ0v) is 22.4. The van der Waals surface area contributed by atoms with Gasteiger partial charge in [0, 0.05) is 28.6 Å². The van der Waals surface area contributed by atoms with Crippen molar-refractivity contribution in [3.8, 4) is 0 Å². The van der Waals surface area contributed by atoms with E-state index in [4.69, 9.17) is 4.42 Å². The lowest BCUT2D eigenvalue weighted by molar-refractivity contribution is -0.113. The molecule has 0 saturated heterocycles. The van der Waals surface area contributed by atoms with E-state index < -0.39 is 11.8 Å². The van der Waals surface area contributed by atoms with Gasteiger partial charge in [0.25, 0.3) is 17.7 Å². The molecule has 0 fully saturated rings. The third-order valence-electron chi connectivity index (χ3n) is 5.99. The molecule has 0 radical (unpaired) electrons. The Balaban J connectivity index is 1.48. The molecule has 0 aliphatic carbocycles. The van der Waals surface area contributed by atoms with Gasteiger partial charge >= 0.3 is 0 Å². The Bertz CT molecular complexity index is 1510. The van der Waals surface area contributed by atoms with Crippen LogP contribution in [0.1, 0.15) is 58.4 Å². The fraction of sp³-hybridized carbons (Fsp3) is 0.156. The van der Waals surface area contributed by atoms with Crippen molar-refractivity contribution >= 4 is 35.2 Å². The van der Waals surface area contributed by atoms with Crippen LogP contribution in [0.5, 0.6) is 0 Å². The van der Waals surface area contributed by atoms with Gasteiger partial charge in [-0.25, -0.2) is 0 Å². The summed E-state index contributed by atoms with van der Waals surface area (Å²) in [5.41, 5.74) is 3.96. The van der Waals surface area contributed by atoms with E-state index in [2.05, 4.69) is 36.7 Å². The van der Waals surface area contributed by atoms with Crippen LogP contribution in [0.15, 0.2) is 101 Å². The summed E-state index contributed by atoms with van der Waals surface area (Å²) in [7, 11) is 0. The summed E-state index contributed by atoms with van der Waals surface area (Å²) in [5.74, 6) is -0.829. The van der Waals surface area contributed by atoms with E-state index in [9.17, 15) is 14.4 Å². The minimum Gasteiger partial charge on any atom is -0.465 e. The van der Waals surface area contributed by atoms with Gasteiger partial charge in [0.15, 0.2) is 0 Å². The zero-order chi connectivity index (χ0) is 28.0. The number of carbonyl (C=O) groups excluding carboxylic acids is 3. The number of rotatable bonds is 7. The number of carbonyl (C=O) groups is 3. The van der Waals surface area contributed by atoms with E-state index in [1.807, 2.05) is 25.1 Å². The second-order valence-corrected chi connectivity index (χ2v) is 10.2. The maximum atomic E-state index is 13.2. The van der Waals surface area contributed by atoms with Gasteiger partial charge in [-0.1, -0.05) is 56.7 Å². The Morgan fingerprint density at radius 2 is 1.44 bits per heavy atom. The summed E-state index contributed by atoms with van der Waals surface area (Å²) < 4.78 is 5.35. The molecule has 0 spiro atoms. The summed E-state index contributed by atoms with van der Waals surface area (Å²) >= 11 is 0. The highest BCUT2D eigenvalue weighted by Gasteiger charge is 2.17. The molecule has 0 unspecified atom stereocenters. The molecule has 7 nitrogen and oxygen atoms in total. The molecular weight excluding hydrogens is 490 g/mol. The smallest absolute Gasteiger partial charge is 0.272 e. The summed E-state index contributed by atoms with van der Waals surface area (Å²) in [6.07, 6.45) is 2.93. The standard InChI is InChI=1S/C32H31N3O4/c1-21-8-5-9-23(18-21)30(37)35-28(20-27-12-7-17-39-27)31(38)34-26-11-6-10-25(19-26)33-29(36)22-13-15-24(16-14-22)32(2,3)4/h5-20H,1-4H3,(H,33,36)(H,34,38)(H,35,37)/b28-20-. The molecule has 4 aromatic rings. The Kier molecular flexibility index (Phi) is 8.10. The van der Waals surface area contributed by atoms with Gasteiger partial charge in [0.05, 0.1) is 6.26 Å². The number of anilines is 2. The summed E-state index contributed by atoms with van der Waals surface area (Å²) in [4.78, 5) is 38.9. The van der Waals surface area contributed by atoms with E-state index in [1.54, 1.807) is 66.7 Å². The Morgan fingerprint density at radius 3 is 2.08 bits per heavy atom. The molecule has 39 heavy (non-hydrogen) atoms. The van der Waals surface area contributed by atoms with Crippen LogP contribution in [-0.2, 0) is 10.2 Å². The van der Waals surface area contributed by atoms with Gasteiger partial charge in [-0.3, -0.25) is 14.4 Å². The quantitative estimate of drug-likeness (QED) is 0.240. The first-order chi connectivity index (χ1) is 18.6. The third-order valence-corrected chi connectivity index (χ3v) is 5.99. The molecule has 0 saturated carbocycles. The van der Waals surface area contributed by atoms with E-state index in [0.29, 0.717) is 28.3 Å². The monoisotopic (exact) mass is 521 g/mol. The van der Waals surface area contributed by atoms with Gasteiger partial charge < -0.3 is 20.4 Å². The molecule has 1 heterocycles. The molecule has 0 bridgehead atoms. The van der Waals surface area contributed by atoms with Gasteiger partial charge in [0.1, 0.15) is 11.5 Å². The molecule has 3 N–H and O–H groups in total. The van der Waals surface area contributed by atoms with Crippen molar-refractivity contribution in [3.63, 3.8) is 0 Å². The highest BCUT2D eigenvalue weighted by atomic mass is 16.3. The van der Waals surface area contributed by atoms with Crippen molar-refractivity contribution in [3.05, 3.63) is 125 Å². The lowest BCUT2D eigenvalue weighted by atomic mass is 9.87. The molecule has 0 aliphatic heterocycles. The number of benzene rings is 3. The number of hydrogen-bond donors (Lipinski definition) is 3. The highest BCUT2D eigenvalue weighted by Crippen LogP contribution is 2.23. The molecule has 1 aromatic heterocycles. The fourth-order valence-electron chi connectivity index (χ4n) is 3.85. The van der Waals surface area contributed by atoms with Crippen molar-refractivity contribution in [2.45, 2.75) is 33.1 Å². The van der Waals surface area contributed by atoms with Crippen LogP contribution < -0.4 is 16.0 Å². The highest BCUT2D eigenvalue weighted by molar-refractivity contribution is 6.11. The molecule has 4 rings (SSSR count). The number of hydrogen-bond acceptors (Lipinski definition) is 4. The first-order valence-electron chi connectivity index (χ1n) is 12.5. The van der Waals surface area contributed by atoms with E-state index in [-0.39, 0.29) is 17.0 Å². The number of aryl methyl sites for hydroxylation is 1. The number of nitrogens with one attached hydrogen (secondary N) is 3. The molecule has 0 aliphatic rings. The lowest BCUT2D eigenvalue weighted by Crippen LogP contribution is -2.30. The fourth-order valence-corrected chi connectivity index (χ4v) is 3.85. The summed E-state index contributed by atoms with van der Waals surface area (Å²) in [6.45, 7) is 8.23. The maximum absolute atomic E-state index is 13.2. The van der Waals surface area contributed by atoms with E-state index in [0.717, 1.165) is 11.1 Å². The van der Waals surface area contributed by atoms with Crippen molar-refractivity contribution in [2.75, 3.05) is 10.6 Å². The van der Waals surface area contributed by atoms with E-state index >= 15 is 0 Å². The Morgan fingerprint density at radius 1 is 0.744 bits per heavy atom. The molecule has 3 aromatic carbocycles. The Labute approximate surface area is 227 Å². The zero-order valence-electron chi connectivity index (χ0n) is 22.4. The van der Waals surface area contributed by atoms with Crippen LogP contribution in [-0.4, -0.2) is 17.7 Å². The predicted octanol–water partition coefficient (Wildman–Crippen LogP) is 6.55. The van der Waals surface area contributed by atoms with Crippen LogP contribution in [0.3, 0.4) is 0 Å². The van der Waals surface area contributed by atoms with Crippen molar-refractivity contribution < 1.29 is 18.8 Å². The molecule has 0 atom stereocenters. The van der Waals surface area contributed by atoms with Crippen molar-refractivity contribution in [1.82, 2.24) is 5.32 Å². The summed E-state index contributed by atoms with van der Waals surface area (Å²) in [6, 6.07) is 24.7. The van der Waals surface area contributed by atoms with Crippen LogP contribution in [0.4, 0.5) is 11.4 Å². The molecule has 3 amide bonds. The van der Waals surface area contributed by atoms with Crippen LogP contribution in [0.2, 0.25) is 0 Å². The third kappa shape index (κ3) is 7.32. The normalized spacial score (nSPS) is 11.5. The van der Waals surface area contributed by atoms with Gasteiger partial charge in [-0.05, 0) is 72.5 Å². The lowest BCUT2D eigenvalue weighted by Gasteiger charge is -2.19. The average molecular weight is 522 g/mol. The first kappa shape index (κ1) is 27.1. The minimum atomic E-state index is -0.548. The Hall–Kier alpha value is -4.91. The SMILES string of the molecule is Cc1cccc(C(=O)N/C(=C\c2ccco2)C(=O)Nc2cccc(NC(=O)c3ccc(C(C)(C)C)cc3)c2)c1. The number of furan rings is 1. The second kappa shape index (κ2) is 11.6. The molecule has 7 heteroatoms. The maximum Gasteiger partial charge on any atom is 0.272 e. The van der Waals surface area contributed by atoms with Gasteiger partial charge in [-0.2, -0.15) is 0 Å². The molecule has 198 valence electrons. The van der Waals surface area contributed by atoms with E-state index in [1.165, 1.54) is 12.3 Å². The number of amides is 3. The first-order valence-corrected chi connectivity index (χ1v) is 12.5. The topological polar surface area (TPSA) is 100 Å². The van der Waals surface area contributed by atoms with Crippen LogP contribution in [0, 0.1) is 6.92 Å². The van der Waals surface area contributed by atoms with Gasteiger partial charge in [-0.15, -0.1) is 0 Å². The van der Waals surface area contributed by atoms with Crippen molar-refractivity contribution in [1.29, 1.82) is 0 Å². The second-order valence-electron chi connectivity index (χ2n) is 10.2. The predicted molar refractivity (Wildman–Crippen MR) is 153 cm³/mol.